The summed E-state index contributed by atoms with van der Waals surface area (Å²) in [6.07, 6.45) is 1.73. The Morgan fingerprint density at radius 1 is 1.53 bits per heavy atom. The van der Waals surface area contributed by atoms with E-state index in [1.54, 1.807) is 0 Å². The first kappa shape index (κ1) is 13.6. The van der Waals surface area contributed by atoms with E-state index in [0.29, 0.717) is 11.7 Å². The van der Waals surface area contributed by atoms with Gasteiger partial charge in [0.1, 0.15) is 6.04 Å². The standard InChI is InChI=1S/C11H19N3O3/c1-4-5-8-13-9(17-14-8)6-12-10(7(2)3)11(15)16/h7,10,12H,4-6H2,1-3H3,(H,15,16). The normalized spacial score (nSPS) is 12.9. The van der Waals surface area contributed by atoms with Crippen molar-refractivity contribution in [3.8, 4) is 0 Å². The summed E-state index contributed by atoms with van der Waals surface area (Å²) in [6.45, 7) is 6.02. The molecule has 1 rings (SSSR count). The van der Waals surface area contributed by atoms with Crippen LogP contribution in [0.1, 0.15) is 38.9 Å². The van der Waals surface area contributed by atoms with Crippen molar-refractivity contribution in [1.82, 2.24) is 15.5 Å². The maximum Gasteiger partial charge on any atom is 0.320 e. The molecule has 1 aromatic rings. The molecule has 1 heterocycles. The Hall–Kier alpha value is -1.43. The zero-order valence-corrected chi connectivity index (χ0v) is 10.4. The van der Waals surface area contributed by atoms with E-state index in [-0.39, 0.29) is 12.5 Å². The zero-order valence-electron chi connectivity index (χ0n) is 10.4. The molecule has 0 aliphatic carbocycles. The smallest absolute Gasteiger partial charge is 0.320 e. The first-order chi connectivity index (χ1) is 8.04. The molecule has 0 aliphatic rings. The van der Waals surface area contributed by atoms with Gasteiger partial charge in [-0.2, -0.15) is 4.98 Å². The summed E-state index contributed by atoms with van der Waals surface area (Å²) in [6, 6.07) is -0.600. The van der Waals surface area contributed by atoms with E-state index in [1.165, 1.54) is 0 Å². The van der Waals surface area contributed by atoms with Gasteiger partial charge in [0, 0.05) is 6.42 Å². The molecule has 2 N–H and O–H groups in total. The summed E-state index contributed by atoms with van der Waals surface area (Å²) >= 11 is 0. The summed E-state index contributed by atoms with van der Waals surface area (Å²) in [7, 11) is 0. The van der Waals surface area contributed by atoms with Crippen LogP contribution in [0.4, 0.5) is 0 Å². The lowest BCUT2D eigenvalue weighted by Crippen LogP contribution is -2.40. The second kappa shape index (κ2) is 6.34. The zero-order chi connectivity index (χ0) is 12.8. The van der Waals surface area contributed by atoms with Gasteiger partial charge in [-0.15, -0.1) is 0 Å². The molecule has 0 radical (unpaired) electrons. The van der Waals surface area contributed by atoms with E-state index < -0.39 is 12.0 Å². The van der Waals surface area contributed by atoms with Crippen molar-refractivity contribution in [2.75, 3.05) is 0 Å². The first-order valence-corrected chi connectivity index (χ1v) is 5.82. The average molecular weight is 241 g/mol. The van der Waals surface area contributed by atoms with Gasteiger partial charge in [0.25, 0.3) is 0 Å². The predicted molar refractivity (Wildman–Crippen MR) is 61.4 cm³/mol. The van der Waals surface area contributed by atoms with Crippen LogP contribution in [0.2, 0.25) is 0 Å². The van der Waals surface area contributed by atoms with Crippen LogP contribution in [0.25, 0.3) is 0 Å². The lowest BCUT2D eigenvalue weighted by molar-refractivity contribution is -0.140. The Morgan fingerprint density at radius 2 is 2.24 bits per heavy atom. The molecule has 0 spiro atoms. The van der Waals surface area contributed by atoms with Gasteiger partial charge < -0.3 is 9.63 Å². The van der Waals surface area contributed by atoms with Crippen LogP contribution in [0.5, 0.6) is 0 Å². The second-order valence-corrected chi connectivity index (χ2v) is 4.30. The Balaban J connectivity index is 2.50. The van der Waals surface area contributed by atoms with Crippen LogP contribution in [-0.4, -0.2) is 27.3 Å². The van der Waals surface area contributed by atoms with E-state index in [2.05, 4.69) is 15.5 Å². The highest BCUT2D eigenvalue weighted by Gasteiger charge is 2.21. The fraction of sp³-hybridized carbons (Fsp3) is 0.727. The number of nitrogens with zero attached hydrogens (tertiary/aromatic N) is 2. The number of aryl methyl sites for hydroxylation is 1. The lowest BCUT2D eigenvalue weighted by Gasteiger charge is -2.16. The van der Waals surface area contributed by atoms with E-state index >= 15 is 0 Å². The van der Waals surface area contributed by atoms with Crippen LogP contribution >= 0.6 is 0 Å². The molecule has 6 nitrogen and oxygen atoms in total. The van der Waals surface area contributed by atoms with Crippen LogP contribution in [-0.2, 0) is 17.8 Å². The third kappa shape index (κ3) is 4.14. The minimum atomic E-state index is -0.867. The largest absolute Gasteiger partial charge is 0.480 e. The maximum absolute atomic E-state index is 10.9. The van der Waals surface area contributed by atoms with Crippen LogP contribution < -0.4 is 5.32 Å². The second-order valence-electron chi connectivity index (χ2n) is 4.30. The summed E-state index contributed by atoms with van der Waals surface area (Å²) in [5, 5.41) is 15.7. The summed E-state index contributed by atoms with van der Waals surface area (Å²) in [5.74, 6) is 0.236. The monoisotopic (exact) mass is 241 g/mol. The molecule has 0 bridgehead atoms. The molecule has 6 heteroatoms. The minimum Gasteiger partial charge on any atom is -0.480 e. The molecule has 0 aliphatic heterocycles. The van der Waals surface area contributed by atoms with Gasteiger partial charge >= 0.3 is 5.97 Å². The molecule has 1 unspecified atom stereocenters. The number of aliphatic carboxylic acids is 1. The lowest BCUT2D eigenvalue weighted by atomic mass is 10.1. The SMILES string of the molecule is CCCc1noc(CNC(C(=O)O)C(C)C)n1. The van der Waals surface area contributed by atoms with Crippen LogP contribution in [0.3, 0.4) is 0 Å². The van der Waals surface area contributed by atoms with Crippen LogP contribution in [0.15, 0.2) is 4.52 Å². The molecular formula is C11H19N3O3. The van der Waals surface area contributed by atoms with E-state index in [9.17, 15) is 4.79 Å². The molecule has 0 fully saturated rings. The van der Waals surface area contributed by atoms with Gasteiger partial charge in [0.2, 0.25) is 5.89 Å². The molecule has 0 saturated carbocycles. The highest BCUT2D eigenvalue weighted by Crippen LogP contribution is 2.04. The number of hydrogen-bond donors (Lipinski definition) is 2. The van der Waals surface area contributed by atoms with Crippen molar-refractivity contribution in [3.63, 3.8) is 0 Å². The summed E-state index contributed by atoms with van der Waals surface area (Å²) in [5.41, 5.74) is 0. The Bertz CT molecular complexity index is 363. The quantitative estimate of drug-likeness (QED) is 0.746. The van der Waals surface area contributed by atoms with Gasteiger partial charge in [-0.05, 0) is 12.3 Å². The number of aromatic nitrogens is 2. The first-order valence-electron chi connectivity index (χ1n) is 5.82. The van der Waals surface area contributed by atoms with Crippen molar-refractivity contribution in [3.05, 3.63) is 11.7 Å². The Kier molecular flexibility index (Phi) is 5.09. The van der Waals surface area contributed by atoms with Crippen molar-refractivity contribution < 1.29 is 14.4 Å². The minimum absolute atomic E-state index is 0.00512. The molecule has 96 valence electrons. The number of rotatable bonds is 7. The van der Waals surface area contributed by atoms with Gasteiger partial charge in [-0.25, -0.2) is 0 Å². The molecule has 0 aromatic carbocycles. The Morgan fingerprint density at radius 3 is 2.76 bits per heavy atom. The number of carboxylic acid groups (broad SMARTS) is 1. The highest BCUT2D eigenvalue weighted by atomic mass is 16.5. The third-order valence-corrected chi connectivity index (χ3v) is 2.39. The Labute approximate surface area is 100 Å². The van der Waals surface area contributed by atoms with Crippen LogP contribution in [0, 0.1) is 5.92 Å². The van der Waals surface area contributed by atoms with Crippen molar-refractivity contribution in [2.24, 2.45) is 5.92 Å². The molecule has 1 aromatic heterocycles. The van der Waals surface area contributed by atoms with Crippen molar-refractivity contribution in [1.29, 1.82) is 0 Å². The fourth-order valence-electron chi connectivity index (χ4n) is 1.49. The summed E-state index contributed by atoms with van der Waals surface area (Å²) in [4.78, 5) is 15.1. The summed E-state index contributed by atoms with van der Waals surface area (Å²) < 4.78 is 5.01. The maximum atomic E-state index is 10.9. The number of hydrogen-bond acceptors (Lipinski definition) is 5. The topological polar surface area (TPSA) is 88.2 Å². The number of nitrogens with one attached hydrogen (secondary N) is 1. The highest BCUT2D eigenvalue weighted by molar-refractivity contribution is 5.73. The third-order valence-electron chi connectivity index (χ3n) is 2.39. The van der Waals surface area contributed by atoms with E-state index in [4.69, 9.17) is 9.63 Å². The van der Waals surface area contributed by atoms with Gasteiger partial charge in [-0.3, -0.25) is 10.1 Å². The van der Waals surface area contributed by atoms with Gasteiger partial charge in [0.05, 0.1) is 6.54 Å². The number of carbonyl (C=O) groups is 1. The van der Waals surface area contributed by atoms with Gasteiger partial charge in [-0.1, -0.05) is 25.9 Å². The molecule has 17 heavy (non-hydrogen) atoms. The fourth-order valence-corrected chi connectivity index (χ4v) is 1.49. The van der Waals surface area contributed by atoms with E-state index in [0.717, 1.165) is 12.8 Å². The molecule has 0 saturated heterocycles. The number of carboxylic acids is 1. The molecular weight excluding hydrogens is 222 g/mol. The molecule has 0 amide bonds. The predicted octanol–water partition coefficient (Wildman–Crippen LogP) is 1.22. The van der Waals surface area contributed by atoms with E-state index in [1.807, 2.05) is 20.8 Å². The van der Waals surface area contributed by atoms with Crippen molar-refractivity contribution >= 4 is 5.97 Å². The van der Waals surface area contributed by atoms with Gasteiger partial charge in [0.15, 0.2) is 5.82 Å². The van der Waals surface area contributed by atoms with Crippen molar-refractivity contribution in [2.45, 2.75) is 46.2 Å². The average Bonchev–Trinajstić information content (AvgIpc) is 2.65. The molecule has 1 atom stereocenters.